The Hall–Kier alpha value is -6.22. The quantitative estimate of drug-likeness (QED) is 0.116. The van der Waals surface area contributed by atoms with Gasteiger partial charge in [0.2, 0.25) is 12.4 Å². The van der Waals surface area contributed by atoms with Gasteiger partial charge in [-0.15, -0.1) is 0 Å². The number of rotatable bonds is 12. The van der Waals surface area contributed by atoms with E-state index in [9.17, 15) is 28.8 Å². The Balaban J connectivity index is 1.53. The van der Waals surface area contributed by atoms with Gasteiger partial charge in [-0.05, 0) is 29.8 Å². The van der Waals surface area contributed by atoms with E-state index in [0.717, 1.165) is 33.3 Å². The fourth-order valence-corrected chi connectivity index (χ4v) is 5.31. The number of fused-ring (bicyclic) bond motifs is 1. The van der Waals surface area contributed by atoms with Crippen LogP contribution in [0.3, 0.4) is 0 Å². The number of hydrogen-bond acceptors (Lipinski definition) is 15. The summed E-state index contributed by atoms with van der Waals surface area (Å²) < 4.78 is 50.6. The highest BCUT2D eigenvalue weighted by molar-refractivity contribution is 5.93. The van der Waals surface area contributed by atoms with Crippen molar-refractivity contribution in [3.8, 4) is 17.2 Å². The van der Waals surface area contributed by atoms with Crippen molar-refractivity contribution >= 4 is 40.8 Å². The molecule has 0 saturated carbocycles. The standard InChI is InChI=1S/C37H34O15/c1-20(38)44-19-29-31(46-21(2)39)32(47-22(3)40)34(48-23(4)41)37(51-29)49-26-15-16-27-28(17-26)50-36(43)33(52-35(42)25-13-9-6-10-14-25)30(27)45-18-24-11-7-5-8-12-24/h5-17,29,31-32,34,37H,18-19H2,1-4H3/t29-,31-,32+,34+,37+/m1/s1. The summed E-state index contributed by atoms with van der Waals surface area (Å²) in [5.41, 5.74) is -0.155. The van der Waals surface area contributed by atoms with E-state index in [1.54, 1.807) is 18.2 Å². The molecule has 3 aromatic carbocycles. The summed E-state index contributed by atoms with van der Waals surface area (Å²) in [6, 6.07) is 21.3. The molecule has 0 radical (unpaired) electrons. The smallest absolute Gasteiger partial charge is 0.383 e. The molecule has 2 heterocycles. The van der Waals surface area contributed by atoms with Crippen LogP contribution >= 0.6 is 0 Å². The average molecular weight is 719 g/mol. The highest BCUT2D eigenvalue weighted by Crippen LogP contribution is 2.37. The van der Waals surface area contributed by atoms with Gasteiger partial charge in [-0.3, -0.25) is 19.2 Å². The SMILES string of the molecule is CC(=O)OC[C@H]1O[C@H](Oc2ccc3c(OCc4ccccc4)c(OC(=O)c4ccccc4)c(=O)oc3c2)[C@@H](OC(C)=O)[C@@H](OC(C)=O)[C@@H]1OC(C)=O. The number of carbonyl (C=O) groups excluding carboxylic acids is 5. The highest BCUT2D eigenvalue weighted by Gasteiger charge is 2.53. The summed E-state index contributed by atoms with van der Waals surface area (Å²) >= 11 is 0. The minimum Gasteiger partial charge on any atom is -0.484 e. The number of benzene rings is 3. The van der Waals surface area contributed by atoms with Crippen molar-refractivity contribution in [1.29, 1.82) is 0 Å². The van der Waals surface area contributed by atoms with Crippen molar-refractivity contribution in [3.63, 3.8) is 0 Å². The molecule has 0 bridgehead atoms. The third kappa shape index (κ3) is 9.31. The third-order valence-corrected chi connectivity index (χ3v) is 7.42. The molecule has 1 fully saturated rings. The first-order valence-electron chi connectivity index (χ1n) is 15.9. The molecule has 5 atom stereocenters. The second-order valence-corrected chi connectivity index (χ2v) is 11.4. The lowest BCUT2D eigenvalue weighted by Gasteiger charge is -2.43. The van der Waals surface area contributed by atoms with E-state index in [4.69, 9.17) is 42.3 Å². The molecule has 272 valence electrons. The summed E-state index contributed by atoms with van der Waals surface area (Å²) in [4.78, 5) is 74.5. The van der Waals surface area contributed by atoms with Gasteiger partial charge in [0.1, 0.15) is 30.7 Å². The van der Waals surface area contributed by atoms with Crippen LogP contribution < -0.4 is 19.8 Å². The monoisotopic (exact) mass is 718 g/mol. The molecule has 0 unspecified atom stereocenters. The van der Waals surface area contributed by atoms with Crippen LogP contribution in [0.1, 0.15) is 43.6 Å². The van der Waals surface area contributed by atoms with E-state index in [0.29, 0.717) is 0 Å². The summed E-state index contributed by atoms with van der Waals surface area (Å²) in [7, 11) is 0. The normalized spacial score (nSPS) is 19.5. The molecule has 15 heteroatoms. The molecule has 52 heavy (non-hydrogen) atoms. The van der Waals surface area contributed by atoms with E-state index < -0.39 is 78.5 Å². The Kier molecular flexibility index (Phi) is 11.9. The van der Waals surface area contributed by atoms with Crippen LogP contribution in [-0.4, -0.2) is 67.2 Å². The summed E-state index contributed by atoms with van der Waals surface area (Å²) in [5.74, 6) is -4.49. The van der Waals surface area contributed by atoms with Gasteiger partial charge in [-0.25, -0.2) is 9.59 Å². The molecule has 5 rings (SSSR count). The number of ether oxygens (including phenoxy) is 8. The first kappa shape index (κ1) is 37.0. The third-order valence-electron chi connectivity index (χ3n) is 7.42. The molecule has 0 spiro atoms. The molecule has 0 amide bonds. The van der Waals surface area contributed by atoms with Crippen molar-refractivity contribution in [2.75, 3.05) is 6.61 Å². The van der Waals surface area contributed by atoms with Crippen molar-refractivity contribution in [1.82, 2.24) is 0 Å². The van der Waals surface area contributed by atoms with Gasteiger partial charge in [-0.1, -0.05) is 48.5 Å². The zero-order valence-electron chi connectivity index (χ0n) is 28.4. The van der Waals surface area contributed by atoms with Crippen molar-refractivity contribution in [3.05, 3.63) is 100 Å². The Labute approximate surface area is 296 Å². The molecular weight excluding hydrogens is 684 g/mol. The maximum absolute atomic E-state index is 13.4. The van der Waals surface area contributed by atoms with Crippen LogP contribution in [0.25, 0.3) is 11.0 Å². The Bertz CT molecular complexity index is 1990. The molecule has 1 aliphatic rings. The fraction of sp³-hybridized carbons (Fsp3) is 0.297. The lowest BCUT2D eigenvalue weighted by Crippen LogP contribution is -2.63. The van der Waals surface area contributed by atoms with Gasteiger partial charge in [0.15, 0.2) is 18.0 Å². The Morgan fingerprint density at radius 2 is 1.31 bits per heavy atom. The lowest BCUT2D eigenvalue weighted by atomic mass is 9.98. The Morgan fingerprint density at radius 3 is 1.94 bits per heavy atom. The van der Waals surface area contributed by atoms with Gasteiger partial charge < -0.3 is 42.3 Å². The van der Waals surface area contributed by atoms with Crippen LogP contribution in [-0.2, 0) is 49.5 Å². The summed E-state index contributed by atoms with van der Waals surface area (Å²) in [6.07, 6.45) is -7.17. The topological polar surface area (TPSA) is 189 Å². The predicted molar refractivity (Wildman–Crippen MR) is 177 cm³/mol. The summed E-state index contributed by atoms with van der Waals surface area (Å²) in [5, 5.41) is 0.222. The second kappa shape index (κ2) is 16.7. The maximum Gasteiger partial charge on any atom is 0.383 e. The van der Waals surface area contributed by atoms with Crippen LogP contribution in [0.15, 0.2) is 88.1 Å². The van der Waals surface area contributed by atoms with Crippen molar-refractivity contribution in [2.24, 2.45) is 0 Å². The van der Waals surface area contributed by atoms with Gasteiger partial charge in [0.05, 0.1) is 10.9 Å². The average Bonchev–Trinajstić information content (AvgIpc) is 3.10. The van der Waals surface area contributed by atoms with E-state index in [2.05, 4.69) is 0 Å². The van der Waals surface area contributed by atoms with E-state index in [1.807, 2.05) is 30.3 Å². The molecule has 0 aliphatic carbocycles. The molecule has 15 nitrogen and oxygen atoms in total. The largest absolute Gasteiger partial charge is 0.484 e. The summed E-state index contributed by atoms with van der Waals surface area (Å²) in [6.45, 7) is 3.98. The second-order valence-electron chi connectivity index (χ2n) is 11.4. The molecule has 1 saturated heterocycles. The van der Waals surface area contributed by atoms with Crippen LogP contribution in [0.4, 0.5) is 0 Å². The van der Waals surface area contributed by atoms with Gasteiger partial charge in [-0.2, -0.15) is 0 Å². The number of carbonyl (C=O) groups is 5. The van der Waals surface area contributed by atoms with Crippen LogP contribution in [0.5, 0.6) is 17.2 Å². The number of esters is 5. The van der Waals surface area contributed by atoms with Gasteiger partial charge in [0.25, 0.3) is 5.75 Å². The minimum absolute atomic E-state index is 0.000380. The predicted octanol–water partition coefficient (Wildman–Crippen LogP) is 4.05. The fourth-order valence-electron chi connectivity index (χ4n) is 5.31. The van der Waals surface area contributed by atoms with E-state index >= 15 is 0 Å². The Morgan fingerprint density at radius 1 is 0.692 bits per heavy atom. The minimum atomic E-state index is -1.55. The number of hydrogen-bond donors (Lipinski definition) is 0. The van der Waals surface area contributed by atoms with Crippen LogP contribution in [0, 0.1) is 0 Å². The molecule has 0 N–H and O–H groups in total. The first-order valence-corrected chi connectivity index (χ1v) is 15.9. The first-order chi connectivity index (χ1) is 24.9. The lowest BCUT2D eigenvalue weighted by molar-refractivity contribution is -0.288. The van der Waals surface area contributed by atoms with E-state index in [1.165, 1.54) is 30.3 Å². The zero-order chi connectivity index (χ0) is 37.4. The van der Waals surface area contributed by atoms with E-state index in [-0.39, 0.29) is 34.6 Å². The van der Waals surface area contributed by atoms with Gasteiger partial charge >= 0.3 is 35.5 Å². The molecular formula is C37H34O15. The maximum atomic E-state index is 13.4. The van der Waals surface area contributed by atoms with Crippen molar-refractivity contribution in [2.45, 2.75) is 65.0 Å². The highest BCUT2D eigenvalue weighted by atomic mass is 16.7. The van der Waals surface area contributed by atoms with Crippen molar-refractivity contribution < 1.29 is 66.3 Å². The molecule has 1 aromatic heterocycles. The molecule has 4 aromatic rings. The zero-order valence-corrected chi connectivity index (χ0v) is 28.4. The van der Waals surface area contributed by atoms with Crippen LogP contribution in [0.2, 0.25) is 0 Å². The van der Waals surface area contributed by atoms with Gasteiger partial charge in [0, 0.05) is 33.8 Å². The molecule has 1 aliphatic heterocycles.